The summed E-state index contributed by atoms with van der Waals surface area (Å²) >= 11 is 9.39. The van der Waals surface area contributed by atoms with Crippen LogP contribution in [0.4, 0.5) is 0 Å². The van der Waals surface area contributed by atoms with Gasteiger partial charge in [-0.05, 0) is 37.6 Å². The van der Waals surface area contributed by atoms with E-state index in [-0.39, 0.29) is 12.2 Å². The summed E-state index contributed by atoms with van der Waals surface area (Å²) in [7, 11) is 0. The summed E-state index contributed by atoms with van der Waals surface area (Å²) in [6.07, 6.45) is 0.166. The van der Waals surface area contributed by atoms with Crippen LogP contribution in [0, 0.1) is 11.3 Å². The molecule has 16 heavy (non-hydrogen) atoms. The largest absolute Gasteiger partial charge is 0.300 e. The van der Waals surface area contributed by atoms with E-state index < -0.39 is 5.41 Å². The molecule has 0 aliphatic carbocycles. The van der Waals surface area contributed by atoms with Gasteiger partial charge in [0.2, 0.25) is 0 Å². The van der Waals surface area contributed by atoms with Gasteiger partial charge >= 0.3 is 0 Å². The Hall–Kier alpha value is -0.850. The fourth-order valence-corrected chi connectivity index (χ4v) is 2.30. The molecule has 0 radical (unpaired) electrons. The summed E-state index contributed by atoms with van der Waals surface area (Å²) in [6.45, 7) is 3.20. The molecule has 1 atom stereocenters. The first-order valence-electron chi connectivity index (χ1n) is 4.75. The van der Waals surface area contributed by atoms with E-state index in [0.717, 1.165) is 4.47 Å². The lowest BCUT2D eigenvalue weighted by molar-refractivity contribution is -0.117. The molecule has 0 N–H and O–H groups in total. The number of Topliss-reactive ketones (excluding diaryl/α,β-unsaturated/α-hetero) is 1. The topological polar surface area (TPSA) is 40.9 Å². The van der Waals surface area contributed by atoms with Crippen LogP contribution in [-0.2, 0) is 10.2 Å². The van der Waals surface area contributed by atoms with Crippen LogP contribution in [0.15, 0.2) is 22.7 Å². The van der Waals surface area contributed by atoms with Gasteiger partial charge in [-0.3, -0.25) is 4.79 Å². The van der Waals surface area contributed by atoms with Crippen LogP contribution in [0.3, 0.4) is 0 Å². The first kappa shape index (κ1) is 13.2. The Morgan fingerprint density at radius 1 is 1.62 bits per heavy atom. The third-order valence-electron chi connectivity index (χ3n) is 2.37. The smallest absolute Gasteiger partial charge is 0.131 e. The van der Waals surface area contributed by atoms with Gasteiger partial charge in [0, 0.05) is 15.9 Å². The summed E-state index contributed by atoms with van der Waals surface area (Å²) in [5.41, 5.74) is -0.187. The molecule has 0 heterocycles. The quantitative estimate of drug-likeness (QED) is 0.850. The average Bonchev–Trinajstić information content (AvgIpc) is 2.20. The van der Waals surface area contributed by atoms with Gasteiger partial charge in [-0.15, -0.1) is 0 Å². The number of halogens is 2. The zero-order chi connectivity index (χ0) is 12.3. The molecule has 0 saturated heterocycles. The predicted octanol–water partition coefficient (Wildman–Crippen LogP) is 3.86. The Morgan fingerprint density at radius 3 is 2.75 bits per heavy atom. The number of hydrogen-bond donors (Lipinski definition) is 0. The third-order valence-corrected chi connectivity index (χ3v) is 3.19. The molecule has 0 amide bonds. The molecule has 0 aliphatic heterocycles. The van der Waals surface area contributed by atoms with Crippen molar-refractivity contribution in [2.24, 2.45) is 0 Å². The highest BCUT2D eigenvalue weighted by molar-refractivity contribution is 9.10. The highest BCUT2D eigenvalue weighted by Crippen LogP contribution is 2.34. The van der Waals surface area contributed by atoms with Crippen LogP contribution >= 0.6 is 27.5 Å². The lowest BCUT2D eigenvalue weighted by Crippen LogP contribution is -2.23. The zero-order valence-electron chi connectivity index (χ0n) is 9.05. The number of nitrogens with zero attached hydrogens (tertiary/aromatic N) is 1. The summed E-state index contributed by atoms with van der Waals surface area (Å²) in [4.78, 5) is 11.2. The van der Waals surface area contributed by atoms with Crippen molar-refractivity contribution in [3.05, 3.63) is 33.3 Å². The molecule has 84 valence electrons. The Labute approximate surface area is 108 Å². The van der Waals surface area contributed by atoms with Gasteiger partial charge in [0.15, 0.2) is 0 Å². The summed E-state index contributed by atoms with van der Waals surface area (Å²) in [6, 6.07) is 7.48. The Kier molecular flexibility index (Phi) is 4.12. The van der Waals surface area contributed by atoms with E-state index >= 15 is 0 Å². The van der Waals surface area contributed by atoms with Crippen molar-refractivity contribution in [3.63, 3.8) is 0 Å². The van der Waals surface area contributed by atoms with Crippen LogP contribution in [0.2, 0.25) is 5.02 Å². The summed E-state index contributed by atoms with van der Waals surface area (Å²) < 4.78 is 0.844. The second-order valence-electron chi connectivity index (χ2n) is 3.95. The molecule has 1 rings (SSSR count). The van der Waals surface area contributed by atoms with E-state index in [2.05, 4.69) is 22.0 Å². The molecule has 0 fully saturated rings. The normalized spacial score (nSPS) is 13.9. The Bertz CT molecular complexity index is 467. The fourth-order valence-electron chi connectivity index (χ4n) is 1.61. The molecule has 1 aromatic carbocycles. The highest BCUT2D eigenvalue weighted by atomic mass is 79.9. The second-order valence-corrected chi connectivity index (χ2v) is 5.27. The van der Waals surface area contributed by atoms with E-state index in [1.54, 1.807) is 25.1 Å². The van der Waals surface area contributed by atoms with Crippen molar-refractivity contribution < 1.29 is 4.79 Å². The van der Waals surface area contributed by atoms with Gasteiger partial charge in [0.25, 0.3) is 0 Å². The van der Waals surface area contributed by atoms with Gasteiger partial charge in [0.1, 0.15) is 5.78 Å². The zero-order valence-corrected chi connectivity index (χ0v) is 11.4. The van der Waals surface area contributed by atoms with Crippen molar-refractivity contribution in [2.75, 3.05) is 0 Å². The number of carbonyl (C=O) groups excluding carboxylic acids is 1. The SMILES string of the molecule is CC(=O)CC(C)(C#N)c1cc(Br)ccc1Cl. The van der Waals surface area contributed by atoms with E-state index in [1.165, 1.54) is 6.92 Å². The van der Waals surface area contributed by atoms with Gasteiger partial charge in [-0.2, -0.15) is 5.26 Å². The van der Waals surface area contributed by atoms with E-state index in [0.29, 0.717) is 10.6 Å². The molecule has 1 aromatic rings. The van der Waals surface area contributed by atoms with Gasteiger partial charge in [-0.1, -0.05) is 27.5 Å². The molecule has 1 unspecified atom stereocenters. The van der Waals surface area contributed by atoms with Gasteiger partial charge in [-0.25, -0.2) is 0 Å². The van der Waals surface area contributed by atoms with Gasteiger partial charge in [0.05, 0.1) is 11.5 Å². The molecule has 2 nitrogen and oxygen atoms in total. The third kappa shape index (κ3) is 2.84. The van der Waals surface area contributed by atoms with Crippen molar-refractivity contribution in [1.29, 1.82) is 5.26 Å². The predicted molar refractivity (Wildman–Crippen MR) is 67.4 cm³/mol. The average molecular weight is 301 g/mol. The molecule has 0 aliphatic rings. The van der Waals surface area contributed by atoms with Crippen molar-refractivity contribution in [3.8, 4) is 6.07 Å². The minimum Gasteiger partial charge on any atom is -0.300 e. The van der Waals surface area contributed by atoms with Gasteiger partial charge < -0.3 is 0 Å². The number of nitriles is 1. The lowest BCUT2D eigenvalue weighted by atomic mass is 9.80. The first-order chi connectivity index (χ1) is 7.39. The number of benzene rings is 1. The summed E-state index contributed by atoms with van der Waals surface area (Å²) in [5.74, 6) is -0.0277. The maximum atomic E-state index is 11.2. The first-order valence-corrected chi connectivity index (χ1v) is 5.92. The number of rotatable bonds is 3. The van der Waals surface area contributed by atoms with Crippen LogP contribution in [0.1, 0.15) is 25.8 Å². The van der Waals surface area contributed by atoms with Crippen LogP contribution in [0.5, 0.6) is 0 Å². The Morgan fingerprint density at radius 2 is 2.25 bits per heavy atom. The highest BCUT2D eigenvalue weighted by Gasteiger charge is 2.30. The van der Waals surface area contributed by atoms with E-state index in [9.17, 15) is 10.1 Å². The van der Waals surface area contributed by atoms with E-state index in [1.807, 2.05) is 0 Å². The van der Waals surface area contributed by atoms with Crippen LogP contribution < -0.4 is 0 Å². The molecule has 0 aromatic heterocycles. The monoisotopic (exact) mass is 299 g/mol. The minimum absolute atomic E-state index is 0.0277. The maximum Gasteiger partial charge on any atom is 0.131 e. The number of carbonyl (C=O) groups is 1. The minimum atomic E-state index is -0.868. The second kappa shape index (κ2) is 4.99. The number of hydrogen-bond acceptors (Lipinski definition) is 2. The molecule has 0 bridgehead atoms. The van der Waals surface area contributed by atoms with Crippen LogP contribution in [-0.4, -0.2) is 5.78 Å². The fraction of sp³-hybridized carbons (Fsp3) is 0.333. The molecular formula is C12H11BrClNO. The standard InChI is InChI=1S/C12H11BrClNO/c1-8(16)6-12(2,7-15)10-5-9(13)3-4-11(10)14/h3-5H,6H2,1-2H3. The Balaban J connectivity index is 3.28. The van der Waals surface area contributed by atoms with Crippen molar-refractivity contribution in [1.82, 2.24) is 0 Å². The lowest BCUT2D eigenvalue weighted by Gasteiger charge is -2.22. The molecule has 0 saturated carbocycles. The molecule has 4 heteroatoms. The van der Waals surface area contributed by atoms with Crippen LogP contribution in [0.25, 0.3) is 0 Å². The van der Waals surface area contributed by atoms with Crippen molar-refractivity contribution in [2.45, 2.75) is 25.7 Å². The van der Waals surface area contributed by atoms with E-state index in [4.69, 9.17) is 11.6 Å². The summed E-state index contributed by atoms with van der Waals surface area (Å²) in [5, 5.41) is 9.73. The molecular weight excluding hydrogens is 289 g/mol. The van der Waals surface area contributed by atoms with Crippen molar-refractivity contribution >= 4 is 33.3 Å². The maximum absolute atomic E-state index is 11.2. The molecule has 0 spiro atoms. The number of ketones is 1.